The van der Waals surface area contributed by atoms with Crippen LogP contribution in [0.5, 0.6) is 0 Å². The van der Waals surface area contributed by atoms with Gasteiger partial charge in [-0.05, 0) is 18.2 Å². The average Bonchev–Trinajstić information content (AvgIpc) is 2.71. The van der Waals surface area contributed by atoms with Crippen molar-refractivity contribution in [2.45, 2.75) is 43.4 Å². The molecule has 0 aliphatic heterocycles. The van der Waals surface area contributed by atoms with Gasteiger partial charge in [-0.25, -0.2) is 19.9 Å². The summed E-state index contributed by atoms with van der Waals surface area (Å²) < 4.78 is 1.59. The number of hydrogen-bond acceptors (Lipinski definition) is 5. The summed E-state index contributed by atoms with van der Waals surface area (Å²) in [5.74, 6) is 0.676. The Labute approximate surface area is 119 Å². The number of H-pyrrole nitrogens is 1. The van der Waals surface area contributed by atoms with Crippen LogP contribution in [0.3, 0.4) is 0 Å². The first kappa shape index (κ1) is 14.1. The molecular weight excluding hydrogens is 286 g/mol. The fraction of sp³-hybridized carbons (Fsp3) is 0.455. The lowest BCUT2D eigenvalue weighted by Crippen LogP contribution is -2.17. The summed E-state index contributed by atoms with van der Waals surface area (Å²) in [7, 11) is 0. The van der Waals surface area contributed by atoms with Crippen LogP contribution in [0.15, 0.2) is 21.0 Å². The third-order valence-corrected chi connectivity index (χ3v) is 3.51. The number of aryl methyl sites for hydroxylation is 1. The molecular formula is C11H14ClN5OS. The van der Waals surface area contributed by atoms with Crippen molar-refractivity contribution in [2.75, 3.05) is 0 Å². The molecule has 0 aromatic carbocycles. The van der Waals surface area contributed by atoms with Crippen molar-refractivity contribution in [1.82, 2.24) is 24.7 Å². The molecule has 0 radical (unpaired) electrons. The van der Waals surface area contributed by atoms with Crippen LogP contribution >= 0.6 is 23.4 Å². The van der Waals surface area contributed by atoms with Crippen LogP contribution in [-0.2, 0) is 13.0 Å². The van der Waals surface area contributed by atoms with Gasteiger partial charge in [-0.15, -0.1) is 5.10 Å². The molecule has 0 fully saturated rings. The average molecular weight is 300 g/mol. The molecule has 6 nitrogen and oxygen atoms in total. The molecule has 8 heteroatoms. The van der Waals surface area contributed by atoms with E-state index in [9.17, 15) is 4.79 Å². The Bertz CT molecular complexity index is 624. The third-order valence-electron chi connectivity index (χ3n) is 2.40. The first-order valence-electron chi connectivity index (χ1n) is 6.00. The van der Waals surface area contributed by atoms with E-state index in [2.05, 4.69) is 20.2 Å². The third kappa shape index (κ3) is 3.36. The van der Waals surface area contributed by atoms with Gasteiger partial charge in [0, 0.05) is 19.0 Å². The highest BCUT2D eigenvalue weighted by Gasteiger charge is 2.11. The molecule has 1 N–H and O–H groups in total. The van der Waals surface area contributed by atoms with Crippen LogP contribution < -0.4 is 5.69 Å². The number of hydrogen-bond donors (Lipinski definition) is 1. The van der Waals surface area contributed by atoms with Crippen LogP contribution in [0.25, 0.3) is 0 Å². The Morgan fingerprint density at radius 1 is 1.42 bits per heavy atom. The molecule has 0 bridgehead atoms. The zero-order valence-electron chi connectivity index (χ0n) is 10.7. The summed E-state index contributed by atoms with van der Waals surface area (Å²) in [5, 5.41) is 8.12. The monoisotopic (exact) mass is 299 g/mol. The number of aromatic nitrogens is 5. The van der Waals surface area contributed by atoms with E-state index < -0.39 is 0 Å². The van der Waals surface area contributed by atoms with Gasteiger partial charge in [-0.1, -0.05) is 25.4 Å². The van der Waals surface area contributed by atoms with E-state index in [1.54, 1.807) is 10.6 Å². The predicted molar refractivity (Wildman–Crippen MR) is 73.7 cm³/mol. The molecule has 19 heavy (non-hydrogen) atoms. The maximum Gasteiger partial charge on any atom is 0.343 e. The summed E-state index contributed by atoms with van der Waals surface area (Å²) >= 11 is 7.24. The molecule has 0 spiro atoms. The van der Waals surface area contributed by atoms with E-state index in [1.165, 1.54) is 11.8 Å². The van der Waals surface area contributed by atoms with Gasteiger partial charge >= 0.3 is 5.69 Å². The van der Waals surface area contributed by atoms with Crippen LogP contribution in [0.4, 0.5) is 0 Å². The number of aromatic amines is 1. The number of nitrogens with one attached hydrogen (secondary N) is 1. The van der Waals surface area contributed by atoms with E-state index in [-0.39, 0.29) is 5.69 Å². The molecule has 0 amide bonds. The summed E-state index contributed by atoms with van der Waals surface area (Å²) in [6.45, 7) is 4.59. The summed E-state index contributed by atoms with van der Waals surface area (Å²) in [5.41, 5.74) is -0.208. The Kier molecular flexibility index (Phi) is 4.60. The van der Waals surface area contributed by atoms with Gasteiger partial charge in [-0.3, -0.25) is 4.57 Å². The zero-order valence-corrected chi connectivity index (χ0v) is 12.3. The van der Waals surface area contributed by atoms with Crippen LogP contribution in [0.1, 0.15) is 26.1 Å². The van der Waals surface area contributed by atoms with Crippen molar-refractivity contribution in [3.8, 4) is 0 Å². The molecule has 0 aliphatic carbocycles. The topological polar surface area (TPSA) is 76.5 Å². The first-order valence-corrected chi connectivity index (χ1v) is 7.20. The fourth-order valence-corrected chi connectivity index (χ4v) is 2.70. The minimum atomic E-state index is -0.208. The fourth-order valence-electron chi connectivity index (χ4n) is 1.55. The van der Waals surface area contributed by atoms with Gasteiger partial charge in [0.2, 0.25) is 0 Å². The van der Waals surface area contributed by atoms with Gasteiger partial charge in [-0.2, -0.15) is 0 Å². The van der Waals surface area contributed by atoms with Gasteiger partial charge < -0.3 is 0 Å². The normalized spacial score (nSPS) is 10.9. The number of rotatable bonds is 5. The summed E-state index contributed by atoms with van der Waals surface area (Å²) in [4.78, 5) is 20.0. The minimum Gasteiger partial charge on any atom is -0.270 e. The van der Waals surface area contributed by atoms with E-state index in [0.717, 1.165) is 6.42 Å². The van der Waals surface area contributed by atoms with Crippen molar-refractivity contribution in [1.29, 1.82) is 0 Å². The van der Waals surface area contributed by atoms with Gasteiger partial charge in [0.25, 0.3) is 0 Å². The second-order valence-electron chi connectivity index (χ2n) is 3.86. The quantitative estimate of drug-likeness (QED) is 0.856. The van der Waals surface area contributed by atoms with Gasteiger partial charge in [0.05, 0.1) is 0 Å². The smallest absolute Gasteiger partial charge is 0.270 e. The van der Waals surface area contributed by atoms with E-state index in [4.69, 9.17) is 11.6 Å². The van der Waals surface area contributed by atoms with Gasteiger partial charge in [0.15, 0.2) is 5.16 Å². The second kappa shape index (κ2) is 6.21. The molecule has 2 rings (SSSR count). The van der Waals surface area contributed by atoms with Crippen LogP contribution in [-0.4, -0.2) is 24.7 Å². The van der Waals surface area contributed by atoms with E-state index >= 15 is 0 Å². The molecule has 2 heterocycles. The summed E-state index contributed by atoms with van der Waals surface area (Å²) in [6, 6.07) is 1.67. The standard InChI is InChI=1S/C11H14ClN5OS/c1-3-5-17-10(18)15-16-11(17)19-9-6-7(12)13-8(4-2)14-9/h6H,3-5H2,1-2H3,(H,15,18). The largest absolute Gasteiger partial charge is 0.343 e. The Balaban J connectivity index is 2.30. The highest BCUT2D eigenvalue weighted by molar-refractivity contribution is 7.99. The molecule has 0 saturated heterocycles. The van der Waals surface area contributed by atoms with Gasteiger partial charge in [0.1, 0.15) is 16.0 Å². The first-order chi connectivity index (χ1) is 9.13. The lowest BCUT2D eigenvalue weighted by atomic mass is 10.4. The van der Waals surface area contributed by atoms with Crippen molar-refractivity contribution in [3.05, 3.63) is 27.5 Å². The SMILES string of the molecule is CCCn1c(Sc2cc(Cl)nc(CC)n2)n[nH]c1=O. The maximum atomic E-state index is 11.6. The van der Waals surface area contributed by atoms with Crippen molar-refractivity contribution in [2.24, 2.45) is 0 Å². The lowest BCUT2D eigenvalue weighted by molar-refractivity contribution is 0.603. The number of nitrogens with zero attached hydrogens (tertiary/aromatic N) is 4. The molecule has 2 aromatic heterocycles. The number of halogens is 1. The van der Waals surface area contributed by atoms with Crippen LogP contribution in [0, 0.1) is 0 Å². The Hall–Kier alpha value is -1.34. The minimum absolute atomic E-state index is 0.208. The highest BCUT2D eigenvalue weighted by atomic mass is 35.5. The van der Waals surface area contributed by atoms with Crippen molar-refractivity contribution in [3.63, 3.8) is 0 Å². The molecule has 0 aliphatic rings. The molecule has 0 atom stereocenters. The molecule has 0 saturated carbocycles. The zero-order chi connectivity index (χ0) is 13.8. The van der Waals surface area contributed by atoms with E-state index in [0.29, 0.717) is 34.1 Å². The Morgan fingerprint density at radius 2 is 2.21 bits per heavy atom. The highest BCUT2D eigenvalue weighted by Crippen LogP contribution is 2.25. The molecule has 102 valence electrons. The summed E-state index contributed by atoms with van der Waals surface area (Å²) in [6.07, 6.45) is 1.56. The van der Waals surface area contributed by atoms with Crippen molar-refractivity contribution >= 4 is 23.4 Å². The van der Waals surface area contributed by atoms with E-state index in [1.807, 2.05) is 13.8 Å². The molecule has 2 aromatic rings. The molecule has 0 unspecified atom stereocenters. The second-order valence-corrected chi connectivity index (χ2v) is 5.24. The lowest BCUT2D eigenvalue weighted by Gasteiger charge is -2.04. The van der Waals surface area contributed by atoms with Crippen molar-refractivity contribution < 1.29 is 0 Å². The van der Waals surface area contributed by atoms with Crippen LogP contribution in [0.2, 0.25) is 5.15 Å². The Morgan fingerprint density at radius 3 is 2.89 bits per heavy atom. The predicted octanol–water partition coefficient (Wildman–Crippen LogP) is 2.14. The maximum absolute atomic E-state index is 11.6.